The summed E-state index contributed by atoms with van der Waals surface area (Å²) in [5, 5.41) is 11.9. The molecule has 2 N–H and O–H groups in total. The second-order valence-electron chi connectivity index (χ2n) is 7.97. The average molecular weight is 454 g/mol. The van der Waals surface area contributed by atoms with Crippen LogP contribution in [0.4, 0.5) is 5.69 Å². The minimum atomic E-state index is -0.379. The molecule has 28 heavy (non-hydrogen) atoms. The molecule has 1 atom stereocenters. The first-order chi connectivity index (χ1) is 13.3. The molecule has 0 amide bonds. The Balaban J connectivity index is 1.99. The Morgan fingerprint density at radius 2 is 1.96 bits per heavy atom. The van der Waals surface area contributed by atoms with Gasteiger partial charge in [-0.1, -0.05) is 35.8 Å². The number of carbonyl (C=O) groups is 1. The molecule has 0 saturated carbocycles. The molecular formula is C22H20BrN3OS. The van der Waals surface area contributed by atoms with Crippen molar-refractivity contribution in [3.8, 4) is 6.07 Å². The van der Waals surface area contributed by atoms with Crippen molar-refractivity contribution < 1.29 is 4.79 Å². The average Bonchev–Trinajstić information content (AvgIpc) is 3.15. The van der Waals surface area contributed by atoms with E-state index < -0.39 is 0 Å². The van der Waals surface area contributed by atoms with Gasteiger partial charge >= 0.3 is 0 Å². The Labute approximate surface area is 177 Å². The summed E-state index contributed by atoms with van der Waals surface area (Å²) < 4.78 is 0.960. The summed E-state index contributed by atoms with van der Waals surface area (Å²) in [5.41, 5.74) is 9.35. The Hall–Kier alpha value is -2.36. The van der Waals surface area contributed by atoms with Crippen molar-refractivity contribution in [3.05, 3.63) is 73.8 Å². The van der Waals surface area contributed by atoms with Crippen molar-refractivity contribution in [1.29, 1.82) is 5.26 Å². The first-order valence-electron chi connectivity index (χ1n) is 9.07. The van der Waals surface area contributed by atoms with Gasteiger partial charge in [-0.15, -0.1) is 11.3 Å². The van der Waals surface area contributed by atoms with Crippen LogP contribution in [0.25, 0.3) is 0 Å². The normalized spacial score (nSPS) is 21.6. The van der Waals surface area contributed by atoms with Crippen LogP contribution in [0.2, 0.25) is 0 Å². The number of carbonyl (C=O) groups excluding carboxylic acids is 1. The number of anilines is 1. The smallest absolute Gasteiger partial charge is 0.162 e. The number of nitrogens with two attached hydrogens (primary N) is 1. The molecule has 2 heterocycles. The number of nitriles is 1. The molecule has 1 aliphatic heterocycles. The quantitative estimate of drug-likeness (QED) is 0.655. The first kappa shape index (κ1) is 19.0. The molecule has 1 aromatic heterocycles. The van der Waals surface area contributed by atoms with E-state index in [9.17, 15) is 10.1 Å². The summed E-state index contributed by atoms with van der Waals surface area (Å²) >= 11 is 5.02. The molecule has 6 heteroatoms. The van der Waals surface area contributed by atoms with Gasteiger partial charge < -0.3 is 5.73 Å². The van der Waals surface area contributed by atoms with Gasteiger partial charge in [0.05, 0.1) is 17.6 Å². The zero-order valence-corrected chi connectivity index (χ0v) is 18.1. The van der Waals surface area contributed by atoms with Gasteiger partial charge in [-0.2, -0.15) is 5.26 Å². The van der Waals surface area contributed by atoms with Crippen LogP contribution in [0.3, 0.4) is 0 Å². The maximum absolute atomic E-state index is 13.3. The Kier molecular flexibility index (Phi) is 4.68. The summed E-state index contributed by atoms with van der Waals surface area (Å²) in [6.45, 7) is 4.21. The summed E-state index contributed by atoms with van der Waals surface area (Å²) in [6.07, 6.45) is 1.20. The van der Waals surface area contributed by atoms with E-state index in [2.05, 4.69) is 35.8 Å². The third-order valence-electron chi connectivity index (χ3n) is 5.29. The highest BCUT2D eigenvalue weighted by Gasteiger charge is 2.44. The standard InChI is InChI=1S/C22H20BrN3OS/c1-22(2)10-16-20(17(27)11-22)19(18-4-3-9-28-18)15(12-24)21(25)26(16)14-7-5-13(23)6-8-14/h3-9,19H,10-11,25H2,1-2H3. The van der Waals surface area contributed by atoms with Crippen LogP contribution in [0.1, 0.15) is 37.5 Å². The van der Waals surface area contributed by atoms with E-state index in [1.54, 1.807) is 11.3 Å². The lowest BCUT2D eigenvalue weighted by molar-refractivity contribution is -0.118. The van der Waals surface area contributed by atoms with Crippen LogP contribution in [-0.4, -0.2) is 5.78 Å². The first-order valence-corrected chi connectivity index (χ1v) is 10.7. The van der Waals surface area contributed by atoms with Crippen molar-refractivity contribution in [3.63, 3.8) is 0 Å². The third kappa shape index (κ3) is 3.09. The van der Waals surface area contributed by atoms with Crippen molar-refractivity contribution in [1.82, 2.24) is 0 Å². The molecule has 4 rings (SSSR count). The molecule has 0 bridgehead atoms. The lowest BCUT2D eigenvalue weighted by Gasteiger charge is -2.43. The molecule has 1 aromatic carbocycles. The van der Waals surface area contributed by atoms with Gasteiger partial charge in [-0.25, -0.2) is 0 Å². The number of hydrogen-bond donors (Lipinski definition) is 1. The number of rotatable bonds is 2. The van der Waals surface area contributed by atoms with E-state index in [-0.39, 0.29) is 17.1 Å². The van der Waals surface area contributed by atoms with Gasteiger partial charge in [0.1, 0.15) is 5.82 Å². The molecule has 1 unspecified atom stereocenters. The van der Waals surface area contributed by atoms with E-state index in [1.165, 1.54) is 0 Å². The number of benzene rings is 1. The Bertz CT molecular complexity index is 1040. The van der Waals surface area contributed by atoms with Crippen molar-refractivity contribution in [2.75, 3.05) is 4.90 Å². The highest BCUT2D eigenvalue weighted by atomic mass is 79.9. The molecule has 2 aliphatic rings. The minimum absolute atomic E-state index is 0.104. The topological polar surface area (TPSA) is 70.1 Å². The molecule has 4 nitrogen and oxygen atoms in total. The fourth-order valence-electron chi connectivity index (χ4n) is 4.13. The van der Waals surface area contributed by atoms with Gasteiger partial charge in [0.15, 0.2) is 5.78 Å². The zero-order valence-electron chi connectivity index (χ0n) is 15.7. The maximum atomic E-state index is 13.3. The summed E-state index contributed by atoms with van der Waals surface area (Å²) in [6, 6.07) is 14.0. The largest absolute Gasteiger partial charge is 0.384 e. The van der Waals surface area contributed by atoms with E-state index in [4.69, 9.17) is 5.73 Å². The lowest BCUT2D eigenvalue weighted by atomic mass is 9.69. The van der Waals surface area contributed by atoms with Crippen LogP contribution in [0.5, 0.6) is 0 Å². The zero-order chi connectivity index (χ0) is 20.1. The highest BCUT2D eigenvalue weighted by Crippen LogP contribution is 2.50. The number of Topliss-reactive ketones (excluding diaryl/α,β-unsaturated/α-hetero) is 1. The number of thiophene rings is 1. The van der Waals surface area contributed by atoms with Crippen molar-refractivity contribution in [2.24, 2.45) is 11.1 Å². The fourth-order valence-corrected chi connectivity index (χ4v) is 5.24. The van der Waals surface area contributed by atoms with Crippen LogP contribution >= 0.6 is 27.3 Å². The van der Waals surface area contributed by atoms with Crippen molar-refractivity contribution >= 4 is 38.7 Å². The van der Waals surface area contributed by atoms with Crippen LogP contribution in [-0.2, 0) is 4.79 Å². The van der Waals surface area contributed by atoms with Gasteiger partial charge in [0.2, 0.25) is 0 Å². The van der Waals surface area contributed by atoms with Crippen molar-refractivity contribution in [2.45, 2.75) is 32.6 Å². The summed E-state index contributed by atoms with van der Waals surface area (Å²) in [7, 11) is 0. The summed E-state index contributed by atoms with van der Waals surface area (Å²) in [5.74, 6) is 0.134. The van der Waals surface area contributed by atoms with Gasteiger partial charge in [-0.3, -0.25) is 9.69 Å². The predicted molar refractivity (Wildman–Crippen MR) is 116 cm³/mol. The molecule has 0 saturated heterocycles. The third-order valence-corrected chi connectivity index (χ3v) is 6.76. The Morgan fingerprint density at radius 3 is 2.57 bits per heavy atom. The number of ketones is 1. The van der Waals surface area contributed by atoms with E-state index in [0.29, 0.717) is 17.8 Å². The van der Waals surface area contributed by atoms with E-state index in [1.807, 2.05) is 46.7 Å². The number of allylic oxidation sites excluding steroid dienone is 3. The lowest BCUT2D eigenvalue weighted by Crippen LogP contribution is -2.42. The number of nitrogens with zero attached hydrogens (tertiary/aromatic N) is 2. The highest BCUT2D eigenvalue weighted by molar-refractivity contribution is 9.10. The van der Waals surface area contributed by atoms with E-state index >= 15 is 0 Å². The van der Waals surface area contributed by atoms with Crippen LogP contribution < -0.4 is 10.6 Å². The second-order valence-corrected chi connectivity index (χ2v) is 9.87. The molecule has 2 aromatic rings. The van der Waals surface area contributed by atoms with Gasteiger partial charge in [-0.05, 0) is 47.5 Å². The van der Waals surface area contributed by atoms with Gasteiger partial charge in [0.25, 0.3) is 0 Å². The second kappa shape index (κ2) is 6.91. The van der Waals surface area contributed by atoms with Crippen LogP contribution in [0, 0.1) is 16.7 Å². The summed E-state index contributed by atoms with van der Waals surface area (Å²) in [4.78, 5) is 16.2. The number of halogens is 1. The monoisotopic (exact) mass is 453 g/mol. The minimum Gasteiger partial charge on any atom is -0.384 e. The molecule has 0 fully saturated rings. The molecule has 0 radical (unpaired) electrons. The SMILES string of the molecule is CC1(C)CC(=O)C2=C(C1)N(c1ccc(Br)cc1)C(N)=C(C#N)C2c1cccs1. The molecule has 142 valence electrons. The predicted octanol–water partition coefficient (Wildman–Crippen LogP) is 5.45. The van der Waals surface area contributed by atoms with Crippen LogP contribution in [0.15, 0.2) is 68.9 Å². The molecular weight excluding hydrogens is 434 g/mol. The maximum Gasteiger partial charge on any atom is 0.162 e. The Morgan fingerprint density at radius 1 is 1.25 bits per heavy atom. The molecule has 0 spiro atoms. The number of hydrogen-bond acceptors (Lipinski definition) is 5. The van der Waals surface area contributed by atoms with E-state index in [0.717, 1.165) is 32.7 Å². The van der Waals surface area contributed by atoms with Gasteiger partial charge in [0, 0.05) is 32.7 Å². The molecule has 1 aliphatic carbocycles. The fraction of sp³-hybridized carbons (Fsp3) is 0.273.